The fourth-order valence-corrected chi connectivity index (χ4v) is 2.66. The third kappa shape index (κ3) is 4.19. The molecule has 6 heteroatoms. The van der Waals surface area contributed by atoms with Gasteiger partial charge in [-0.25, -0.2) is 13.6 Å². The van der Waals surface area contributed by atoms with Crippen LogP contribution in [-0.4, -0.2) is 29.7 Å². The summed E-state index contributed by atoms with van der Waals surface area (Å²) in [5.41, 5.74) is -0.584. The minimum Gasteiger partial charge on any atom is -0.444 e. The third-order valence-electron chi connectivity index (χ3n) is 3.79. The number of hydrogen-bond donors (Lipinski definition) is 0. The first-order valence-corrected chi connectivity index (χ1v) is 7.58. The summed E-state index contributed by atoms with van der Waals surface area (Å²) in [5, 5.41) is 8.72. The van der Waals surface area contributed by atoms with E-state index in [1.165, 1.54) is 0 Å². The summed E-state index contributed by atoms with van der Waals surface area (Å²) in [7, 11) is 0. The standard InChI is InChI=1S/C17H20F2N2O2/c1-17(2,3)23-16(22)21-6-4-11(5-7-21)13-9-14(18)12(10-20)8-15(13)19/h8-9,11H,4-7H2,1-3H3. The summed E-state index contributed by atoms with van der Waals surface area (Å²) >= 11 is 0. The molecule has 0 N–H and O–H groups in total. The van der Waals surface area contributed by atoms with Gasteiger partial charge in [0.25, 0.3) is 0 Å². The van der Waals surface area contributed by atoms with Crippen molar-refractivity contribution in [1.82, 2.24) is 4.90 Å². The van der Waals surface area contributed by atoms with Gasteiger partial charge in [-0.15, -0.1) is 0 Å². The normalized spacial score (nSPS) is 16.1. The molecule has 1 aromatic carbocycles. The average Bonchev–Trinajstić information content (AvgIpc) is 2.47. The predicted molar refractivity (Wildman–Crippen MR) is 80.9 cm³/mol. The molecule has 0 unspecified atom stereocenters. The summed E-state index contributed by atoms with van der Waals surface area (Å²) < 4.78 is 33.1. The lowest BCUT2D eigenvalue weighted by molar-refractivity contribution is 0.0204. The Kier molecular flexibility index (Phi) is 4.88. The van der Waals surface area contributed by atoms with E-state index in [-0.39, 0.29) is 23.1 Å². The number of carbonyl (C=O) groups is 1. The second-order valence-corrected chi connectivity index (χ2v) is 6.71. The summed E-state index contributed by atoms with van der Waals surface area (Å²) in [6.07, 6.45) is 0.672. The maximum atomic E-state index is 14.1. The second kappa shape index (κ2) is 6.53. The zero-order valence-corrected chi connectivity index (χ0v) is 13.5. The van der Waals surface area contributed by atoms with Gasteiger partial charge in [0, 0.05) is 13.1 Å². The molecule has 1 heterocycles. The SMILES string of the molecule is CC(C)(C)OC(=O)N1CCC(c2cc(F)c(C#N)cc2F)CC1. The molecule has 124 valence electrons. The molecule has 1 fully saturated rings. The fraction of sp³-hybridized carbons (Fsp3) is 0.529. The molecular weight excluding hydrogens is 302 g/mol. The van der Waals surface area contributed by atoms with E-state index in [0.29, 0.717) is 25.9 Å². The highest BCUT2D eigenvalue weighted by atomic mass is 19.1. The molecule has 1 aliphatic rings. The molecule has 1 amide bonds. The van der Waals surface area contributed by atoms with Crippen molar-refractivity contribution in [2.75, 3.05) is 13.1 Å². The first kappa shape index (κ1) is 17.2. The van der Waals surface area contributed by atoms with E-state index < -0.39 is 17.2 Å². The van der Waals surface area contributed by atoms with E-state index >= 15 is 0 Å². The Balaban J connectivity index is 2.04. The van der Waals surface area contributed by atoms with Crippen LogP contribution in [0, 0.1) is 23.0 Å². The number of benzene rings is 1. The maximum absolute atomic E-state index is 14.1. The molecule has 0 bridgehead atoms. The number of nitrogens with zero attached hydrogens (tertiary/aromatic N) is 2. The van der Waals surface area contributed by atoms with E-state index in [1.807, 2.05) is 0 Å². The molecule has 0 aromatic heterocycles. The largest absolute Gasteiger partial charge is 0.444 e. The molecule has 1 aromatic rings. The number of nitriles is 1. The van der Waals surface area contributed by atoms with E-state index in [2.05, 4.69) is 0 Å². The third-order valence-corrected chi connectivity index (χ3v) is 3.79. The highest BCUT2D eigenvalue weighted by Crippen LogP contribution is 2.31. The van der Waals surface area contributed by atoms with E-state index in [9.17, 15) is 13.6 Å². The lowest BCUT2D eigenvalue weighted by Gasteiger charge is -2.33. The summed E-state index contributed by atoms with van der Waals surface area (Å²) in [5.74, 6) is -1.45. The van der Waals surface area contributed by atoms with E-state index in [4.69, 9.17) is 10.00 Å². The highest BCUT2D eigenvalue weighted by Gasteiger charge is 2.29. The molecule has 4 nitrogen and oxygen atoms in total. The smallest absolute Gasteiger partial charge is 0.410 e. The maximum Gasteiger partial charge on any atom is 0.410 e. The minimum absolute atomic E-state index is 0.170. The molecule has 0 aliphatic carbocycles. The number of rotatable bonds is 1. The number of likely N-dealkylation sites (tertiary alicyclic amines) is 1. The second-order valence-electron chi connectivity index (χ2n) is 6.71. The fourth-order valence-electron chi connectivity index (χ4n) is 2.66. The van der Waals surface area contributed by atoms with Crippen molar-refractivity contribution in [1.29, 1.82) is 5.26 Å². The van der Waals surface area contributed by atoms with Crippen LogP contribution in [0.4, 0.5) is 13.6 Å². The van der Waals surface area contributed by atoms with Crippen LogP contribution in [0.1, 0.15) is 50.7 Å². The van der Waals surface area contributed by atoms with Crippen LogP contribution in [0.2, 0.25) is 0 Å². The Labute approximate surface area is 134 Å². The van der Waals surface area contributed by atoms with Crippen molar-refractivity contribution < 1.29 is 18.3 Å². The van der Waals surface area contributed by atoms with E-state index in [0.717, 1.165) is 12.1 Å². The molecule has 0 atom stereocenters. The summed E-state index contributed by atoms with van der Waals surface area (Å²) in [6.45, 7) is 6.26. The average molecular weight is 322 g/mol. The summed E-state index contributed by atoms with van der Waals surface area (Å²) in [6, 6.07) is 3.66. The predicted octanol–water partition coefficient (Wildman–Crippen LogP) is 3.95. The zero-order chi connectivity index (χ0) is 17.2. The molecule has 0 saturated carbocycles. The van der Waals surface area contributed by atoms with Crippen LogP contribution in [0.3, 0.4) is 0 Å². The van der Waals surface area contributed by atoms with Gasteiger partial charge in [0.1, 0.15) is 23.3 Å². The Bertz CT molecular complexity index is 639. The Morgan fingerprint density at radius 2 is 1.87 bits per heavy atom. The Morgan fingerprint density at radius 3 is 2.39 bits per heavy atom. The van der Waals surface area contributed by atoms with Crippen molar-refractivity contribution in [2.45, 2.75) is 45.1 Å². The van der Waals surface area contributed by atoms with Crippen molar-refractivity contribution >= 4 is 6.09 Å². The first-order valence-electron chi connectivity index (χ1n) is 7.58. The van der Waals surface area contributed by atoms with Crippen LogP contribution in [0.15, 0.2) is 12.1 Å². The van der Waals surface area contributed by atoms with Crippen LogP contribution in [-0.2, 0) is 4.74 Å². The van der Waals surface area contributed by atoms with Crippen molar-refractivity contribution in [3.8, 4) is 6.07 Å². The van der Waals surface area contributed by atoms with Crippen molar-refractivity contribution in [3.05, 3.63) is 34.9 Å². The molecular formula is C17H20F2N2O2. The topological polar surface area (TPSA) is 53.3 Å². The van der Waals surface area contributed by atoms with Crippen LogP contribution in [0.25, 0.3) is 0 Å². The van der Waals surface area contributed by atoms with Gasteiger partial charge in [-0.05, 0) is 57.2 Å². The first-order chi connectivity index (χ1) is 10.7. The molecule has 1 saturated heterocycles. The molecule has 1 aliphatic heterocycles. The van der Waals surface area contributed by atoms with Gasteiger partial charge < -0.3 is 9.64 Å². The van der Waals surface area contributed by atoms with E-state index in [1.54, 1.807) is 31.7 Å². The number of amides is 1. The zero-order valence-electron chi connectivity index (χ0n) is 13.5. The minimum atomic E-state index is -0.710. The quantitative estimate of drug-likeness (QED) is 0.786. The van der Waals surface area contributed by atoms with Gasteiger partial charge in [-0.2, -0.15) is 5.26 Å². The van der Waals surface area contributed by atoms with Gasteiger partial charge in [-0.1, -0.05) is 0 Å². The monoisotopic (exact) mass is 322 g/mol. The lowest BCUT2D eigenvalue weighted by Crippen LogP contribution is -2.41. The van der Waals surface area contributed by atoms with Crippen molar-refractivity contribution in [2.24, 2.45) is 0 Å². The number of carbonyl (C=O) groups excluding carboxylic acids is 1. The van der Waals surface area contributed by atoms with Gasteiger partial charge in [-0.3, -0.25) is 0 Å². The van der Waals surface area contributed by atoms with Crippen LogP contribution >= 0.6 is 0 Å². The van der Waals surface area contributed by atoms with Crippen LogP contribution in [0.5, 0.6) is 0 Å². The van der Waals surface area contributed by atoms with Gasteiger partial charge in [0.2, 0.25) is 0 Å². The van der Waals surface area contributed by atoms with Crippen LogP contribution < -0.4 is 0 Å². The Morgan fingerprint density at radius 1 is 1.26 bits per heavy atom. The number of ether oxygens (including phenoxy) is 1. The van der Waals surface area contributed by atoms with Gasteiger partial charge >= 0.3 is 6.09 Å². The van der Waals surface area contributed by atoms with Crippen molar-refractivity contribution in [3.63, 3.8) is 0 Å². The van der Waals surface area contributed by atoms with Gasteiger partial charge in [0.15, 0.2) is 0 Å². The number of hydrogen-bond acceptors (Lipinski definition) is 3. The van der Waals surface area contributed by atoms with Gasteiger partial charge in [0.05, 0.1) is 5.56 Å². The molecule has 0 radical (unpaired) electrons. The molecule has 23 heavy (non-hydrogen) atoms. The Hall–Kier alpha value is -2.16. The molecule has 2 rings (SSSR count). The molecule has 0 spiro atoms. The number of piperidine rings is 1. The lowest BCUT2D eigenvalue weighted by atomic mass is 9.88. The number of halogens is 2. The highest BCUT2D eigenvalue weighted by molar-refractivity contribution is 5.68. The summed E-state index contributed by atoms with van der Waals surface area (Å²) in [4.78, 5) is 13.6.